The Morgan fingerprint density at radius 2 is 1.73 bits per heavy atom. The molecule has 2 N–H and O–H groups in total. The van der Waals surface area contributed by atoms with Gasteiger partial charge in [-0.1, -0.05) is 97.9 Å². The molecule has 2 aromatic heterocycles. The van der Waals surface area contributed by atoms with E-state index in [4.69, 9.17) is 23.2 Å². The van der Waals surface area contributed by atoms with Gasteiger partial charge in [0.2, 0.25) is 11.0 Å². The minimum absolute atomic E-state index is 0.00944. The molecule has 0 saturated carbocycles. The van der Waals surface area contributed by atoms with E-state index in [-0.39, 0.29) is 29.5 Å². The van der Waals surface area contributed by atoms with Crippen LogP contribution >= 0.6 is 58.1 Å². The molecular formula is C26H27Cl2N7O2S3. The van der Waals surface area contributed by atoms with Crippen LogP contribution in [0.15, 0.2) is 52.0 Å². The van der Waals surface area contributed by atoms with Crippen molar-refractivity contribution in [2.24, 2.45) is 0 Å². The fourth-order valence-corrected chi connectivity index (χ4v) is 6.23. The Morgan fingerprint density at radius 1 is 0.975 bits per heavy atom. The first kappa shape index (κ1) is 30.3. The number of hydrogen-bond donors (Lipinski definition) is 2. The highest BCUT2D eigenvalue weighted by Gasteiger charge is 2.19. The van der Waals surface area contributed by atoms with Gasteiger partial charge in [-0.2, -0.15) is 0 Å². The van der Waals surface area contributed by atoms with E-state index in [1.807, 2.05) is 19.1 Å². The number of rotatable bonds is 10. The van der Waals surface area contributed by atoms with Crippen LogP contribution in [0.5, 0.6) is 0 Å². The van der Waals surface area contributed by atoms with Crippen molar-refractivity contribution in [3.8, 4) is 5.69 Å². The molecule has 0 aliphatic rings. The van der Waals surface area contributed by atoms with E-state index in [2.05, 4.69) is 51.8 Å². The molecule has 0 aliphatic carbocycles. The Morgan fingerprint density at radius 3 is 2.40 bits per heavy atom. The number of halogens is 2. The first-order chi connectivity index (χ1) is 19.0. The van der Waals surface area contributed by atoms with E-state index in [0.717, 1.165) is 15.7 Å². The second kappa shape index (κ2) is 13.3. The average Bonchev–Trinajstić information content (AvgIpc) is 3.54. The summed E-state index contributed by atoms with van der Waals surface area (Å²) in [5.41, 5.74) is 2.31. The van der Waals surface area contributed by atoms with Crippen molar-refractivity contribution in [1.29, 1.82) is 0 Å². The summed E-state index contributed by atoms with van der Waals surface area (Å²) in [5, 5.41) is 23.9. The summed E-state index contributed by atoms with van der Waals surface area (Å²) in [4.78, 5) is 25.5. The van der Waals surface area contributed by atoms with Gasteiger partial charge in [0.05, 0.1) is 28.0 Å². The van der Waals surface area contributed by atoms with Gasteiger partial charge < -0.3 is 5.32 Å². The van der Waals surface area contributed by atoms with Gasteiger partial charge in [0.25, 0.3) is 5.91 Å². The summed E-state index contributed by atoms with van der Waals surface area (Å²) < 4.78 is 2.53. The summed E-state index contributed by atoms with van der Waals surface area (Å²) in [6, 6.07) is 12.6. The Hall–Kier alpha value is -2.64. The van der Waals surface area contributed by atoms with Gasteiger partial charge in [0, 0.05) is 5.56 Å². The summed E-state index contributed by atoms with van der Waals surface area (Å²) in [7, 11) is 0. The second-order valence-electron chi connectivity index (χ2n) is 9.49. The van der Waals surface area contributed by atoms with Crippen molar-refractivity contribution in [2.45, 2.75) is 49.2 Å². The van der Waals surface area contributed by atoms with Crippen molar-refractivity contribution in [3.63, 3.8) is 0 Å². The summed E-state index contributed by atoms with van der Waals surface area (Å²) in [6.45, 7) is 8.49. The lowest BCUT2D eigenvalue weighted by atomic mass is 9.87. The van der Waals surface area contributed by atoms with E-state index < -0.39 is 0 Å². The number of aromatic nitrogens is 5. The molecule has 210 valence electrons. The van der Waals surface area contributed by atoms with Crippen molar-refractivity contribution in [3.05, 3.63) is 69.5 Å². The Kier molecular flexibility index (Phi) is 10.1. The standard InChI is InChI=1S/C26H27Cl2N7O2S3/c1-5-38-25-34-32-23(40-25)30-21(36)14-39-24-33-31-20(35(24)17-10-11-18(27)19(28)12-17)13-29-22(37)15-6-8-16(9-7-15)26(2,3)4/h6-12H,5,13-14H2,1-4H3,(H,29,37)(H,30,32,36). The van der Waals surface area contributed by atoms with Crippen LogP contribution in [-0.2, 0) is 16.8 Å². The first-order valence-electron chi connectivity index (χ1n) is 12.2. The van der Waals surface area contributed by atoms with Gasteiger partial charge in [0.15, 0.2) is 15.3 Å². The Labute approximate surface area is 254 Å². The van der Waals surface area contributed by atoms with Crippen molar-refractivity contribution < 1.29 is 9.59 Å². The maximum absolute atomic E-state index is 12.9. The number of amides is 2. The average molecular weight is 637 g/mol. The number of thioether (sulfide) groups is 2. The molecule has 0 saturated heterocycles. The molecule has 0 bridgehead atoms. The number of nitrogens with one attached hydrogen (secondary N) is 2. The number of nitrogens with zero attached hydrogens (tertiary/aromatic N) is 5. The zero-order valence-corrected chi connectivity index (χ0v) is 26.2. The molecule has 0 radical (unpaired) electrons. The Balaban J connectivity index is 1.49. The zero-order chi connectivity index (χ0) is 28.9. The van der Waals surface area contributed by atoms with E-state index in [1.165, 1.54) is 23.1 Å². The Bertz CT molecular complexity index is 1500. The lowest BCUT2D eigenvalue weighted by molar-refractivity contribution is -0.113. The molecule has 2 heterocycles. The lowest BCUT2D eigenvalue weighted by Crippen LogP contribution is -2.25. The number of benzene rings is 2. The van der Waals surface area contributed by atoms with E-state index in [9.17, 15) is 9.59 Å². The van der Waals surface area contributed by atoms with Gasteiger partial charge in [-0.05, 0) is 47.1 Å². The highest BCUT2D eigenvalue weighted by molar-refractivity contribution is 8.01. The van der Waals surface area contributed by atoms with Crippen molar-refractivity contribution in [2.75, 3.05) is 16.8 Å². The van der Waals surface area contributed by atoms with Crippen LogP contribution in [0.4, 0.5) is 5.13 Å². The molecular weight excluding hydrogens is 609 g/mol. The van der Waals surface area contributed by atoms with Crippen LogP contribution in [-0.4, -0.2) is 48.3 Å². The molecule has 0 aliphatic heterocycles. The van der Waals surface area contributed by atoms with E-state index >= 15 is 0 Å². The third-order valence-corrected chi connectivity index (χ3v) is 9.06. The third-order valence-electron chi connectivity index (χ3n) is 5.53. The molecule has 0 spiro atoms. The summed E-state index contributed by atoms with van der Waals surface area (Å²) >= 11 is 16.5. The number of carbonyl (C=O) groups excluding carboxylic acids is 2. The fourth-order valence-electron chi connectivity index (χ4n) is 3.50. The maximum atomic E-state index is 12.9. The molecule has 0 unspecified atom stereocenters. The number of carbonyl (C=O) groups is 2. The first-order valence-corrected chi connectivity index (χ1v) is 15.8. The zero-order valence-electron chi connectivity index (χ0n) is 22.2. The second-order valence-corrected chi connectivity index (χ2v) is 13.7. The molecule has 0 atom stereocenters. The minimum atomic E-state index is -0.258. The molecule has 0 fully saturated rings. The number of anilines is 1. The van der Waals surface area contributed by atoms with E-state index in [0.29, 0.717) is 37.4 Å². The SMILES string of the molecule is CCSc1nnc(NC(=O)CSc2nnc(CNC(=O)c3ccc(C(C)(C)C)cc3)n2-c2ccc(Cl)c(Cl)c2)s1. The molecule has 40 heavy (non-hydrogen) atoms. The quantitative estimate of drug-likeness (QED) is 0.150. The highest BCUT2D eigenvalue weighted by Crippen LogP contribution is 2.29. The maximum Gasteiger partial charge on any atom is 0.251 e. The largest absolute Gasteiger partial charge is 0.345 e. The normalized spacial score (nSPS) is 11.4. The fraction of sp³-hybridized carbons (Fsp3) is 0.308. The lowest BCUT2D eigenvalue weighted by Gasteiger charge is -2.19. The molecule has 4 rings (SSSR count). The topological polar surface area (TPSA) is 115 Å². The van der Waals surface area contributed by atoms with E-state index in [1.54, 1.807) is 46.7 Å². The van der Waals surface area contributed by atoms with Crippen LogP contribution in [0.1, 0.15) is 49.4 Å². The predicted molar refractivity (Wildman–Crippen MR) is 163 cm³/mol. The van der Waals surface area contributed by atoms with Crippen molar-refractivity contribution >= 4 is 75.0 Å². The van der Waals surface area contributed by atoms with Crippen LogP contribution in [0.25, 0.3) is 5.69 Å². The van der Waals surface area contributed by atoms with Crippen molar-refractivity contribution in [1.82, 2.24) is 30.3 Å². The number of hydrogen-bond acceptors (Lipinski definition) is 9. The van der Waals surface area contributed by atoms with Crippen LogP contribution in [0.3, 0.4) is 0 Å². The highest BCUT2D eigenvalue weighted by atomic mass is 35.5. The third kappa shape index (κ3) is 7.76. The van der Waals surface area contributed by atoms with Gasteiger partial charge in [-0.15, -0.1) is 20.4 Å². The molecule has 2 aromatic carbocycles. The summed E-state index contributed by atoms with van der Waals surface area (Å²) in [6.07, 6.45) is 0. The summed E-state index contributed by atoms with van der Waals surface area (Å²) in [5.74, 6) is 0.893. The minimum Gasteiger partial charge on any atom is -0.345 e. The monoisotopic (exact) mass is 635 g/mol. The molecule has 14 heteroatoms. The van der Waals surface area contributed by atoms with Crippen LogP contribution < -0.4 is 10.6 Å². The van der Waals surface area contributed by atoms with Gasteiger partial charge in [-0.3, -0.25) is 19.5 Å². The van der Waals surface area contributed by atoms with Crippen LogP contribution in [0.2, 0.25) is 10.0 Å². The van der Waals surface area contributed by atoms with Crippen LogP contribution in [0, 0.1) is 0 Å². The molecule has 9 nitrogen and oxygen atoms in total. The van der Waals surface area contributed by atoms with Gasteiger partial charge in [-0.25, -0.2) is 0 Å². The molecule has 2 amide bonds. The van der Waals surface area contributed by atoms with Gasteiger partial charge in [0.1, 0.15) is 0 Å². The molecule has 4 aromatic rings. The predicted octanol–water partition coefficient (Wildman–Crippen LogP) is 6.50. The smallest absolute Gasteiger partial charge is 0.251 e. The van der Waals surface area contributed by atoms with Gasteiger partial charge >= 0.3 is 0 Å².